The Morgan fingerprint density at radius 2 is 1.88 bits per heavy atom. The summed E-state index contributed by atoms with van der Waals surface area (Å²) in [5, 5.41) is 3.48. The molecule has 2 aliphatic heterocycles. The van der Waals surface area contributed by atoms with Crippen LogP contribution in [-0.2, 0) is 4.74 Å². The first-order chi connectivity index (χ1) is 7.75. The molecule has 3 nitrogen and oxygen atoms in total. The normalized spacial score (nSPS) is 30.2. The second-order valence-electron chi connectivity index (χ2n) is 5.73. The lowest BCUT2D eigenvalue weighted by Crippen LogP contribution is -2.29. The quantitative estimate of drug-likeness (QED) is 0.689. The topological polar surface area (TPSA) is 24.5 Å². The van der Waals surface area contributed by atoms with Crippen LogP contribution < -0.4 is 5.32 Å². The fraction of sp³-hybridized carbons (Fsp3) is 1.00. The van der Waals surface area contributed by atoms with Crippen molar-refractivity contribution >= 4 is 0 Å². The molecule has 0 bridgehead atoms. The van der Waals surface area contributed by atoms with Crippen LogP contribution in [0.4, 0.5) is 0 Å². The van der Waals surface area contributed by atoms with Crippen molar-refractivity contribution in [1.29, 1.82) is 0 Å². The molecule has 2 aliphatic rings. The summed E-state index contributed by atoms with van der Waals surface area (Å²) in [6, 6.07) is 0. The highest BCUT2D eigenvalue weighted by atomic mass is 16.5. The maximum absolute atomic E-state index is 5.67. The third kappa shape index (κ3) is 3.44. The van der Waals surface area contributed by atoms with Crippen LogP contribution >= 0.6 is 0 Å². The highest BCUT2D eigenvalue weighted by Gasteiger charge is 2.35. The van der Waals surface area contributed by atoms with Gasteiger partial charge >= 0.3 is 0 Å². The SMILES string of the molecule is CC(C)CCOCCN1C[C@H]2CNC[C@H]2C1. The van der Waals surface area contributed by atoms with Crippen LogP contribution in [-0.4, -0.2) is 50.8 Å². The van der Waals surface area contributed by atoms with Crippen LogP contribution in [0.2, 0.25) is 0 Å². The predicted octanol–water partition coefficient (Wildman–Crippen LogP) is 1.20. The molecule has 0 aromatic carbocycles. The van der Waals surface area contributed by atoms with E-state index in [0.29, 0.717) is 0 Å². The Kier molecular flexibility index (Phi) is 4.62. The van der Waals surface area contributed by atoms with E-state index in [0.717, 1.165) is 37.5 Å². The summed E-state index contributed by atoms with van der Waals surface area (Å²) in [5.74, 6) is 2.59. The Hall–Kier alpha value is -0.120. The molecule has 94 valence electrons. The fourth-order valence-electron chi connectivity index (χ4n) is 2.75. The van der Waals surface area contributed by atoms with Crippen molar-refractivity contribution in [3.63, 3.8) is 0 Å². The third-order valence-electron chi connectivity index (χ3n) is 3.86. The molecule has 0 unspecified atom stereocenters. The van der Waals surface area contributed by atoms with Gasteiger partial charge in [0.25, 0.3) is 0 Å². The van der Waals surface area contributed by atoms with Gasteiger partial charge in [-0.25, -0.2) is 0 Å². The van der Waals surface area contributed by atoms with E-state index in [2.05, 4.69) is 24.1 Å². The maximum Gasteiger partial charge on any atom is 0.0593 e. The van der Waals surface area contributed by atoms with Gasteiger partial charge in [0.2, 0.25) is 0 Å². The molecule has 2 fully saturated rings. The average Bonchev–Trinajstić information content (AvgIpc) is 2.76. The molecular weight excluding hydrogens is 200 g/mol. The summed E-state index contributed by atoms with van der Waals surface area (Å²) >= 11 is 0. The van der Waals surface area contributed by atoms with Gasteiger partial charge in [-0.15, -0.1) is 0 Å². The second kappa shape index (κ2) is 5.99. The van der Waals surface area contributed by atoms with Gasteiger partial charge in [-0.05, 0) is 37.3 Å². The number of hydrogen-bond acceptors (Lipinski definition) is 3. The summed E-state index contributed by atoms with van der Waals surface area (Å²) in [7, 11) is 0. The number of fused-ring (bicyclic) bond motifs is 1. The lowest BCUT2D eigenvalue weighted by Gasteiger charge is -2.16. The van der Waals surface area contributed by atoms with Crippen LogP contribution in [0, 0.1) is 17.8 Å². The van der Waals surface area contributed by atoms with Crippen LogP contribution in [0.15, 0.2) is 0 Å². The molecule has 0 amide bonds. The molecule has 0 aliphatic carbocycles. The van der Waals surface area contributed by atoms with Gasteiger partial charge in [0.1, 0.15) is 0 Å². The van der Waals surface area contributed by atoms with Crippen molar-refractivity contribution in [3.8, 4) is 0 Å². The molecule has 2 rings (SSSR count). The zero-order valence-corrected chi connectivity index (χ0v) is 10.7. The van der Waals surface area contributed by atoms with Gasteiger partial charge in [0.05, 0.1) is 6.61 Å². The molecular formula is C13H26N2O. The van der Waals surface area contributed by atoms with Crippen molar-refractivity contribution in [2.24, 2.45) is 17.8 Å². The standard InChI is InChI=1S/C13H26N2O/c1-11(2)3-5-16-6-4-15-9-12-7-14-8-13(12)10-15/h11-14H,3-10H2,1-2H3/t12-,13+. The first kappa shape index (κ1) is 12.3. The Morgan fingerprint density at radius 3 is 2.50 bits per heavy atom. The van der Waals surface area contributed by atoms with Crippen molar-refractivity contribution in [2.45, 2.75) is 20.3 Å². The number of hydrogen-bond donors (Lipinski definition) is 1. The van der Waals surface area contributed by atoms with Gasteiger partial charge in [0.15, 0.2) is 0 Å². The largest absolute Gasteiger partial charge is 0.380 e. The minimum absolute atomic E-state index is 0.761. The highest BCUT2D eigenvalue weighted by molar-refractivity contribution is 4.90. The number of nitrogens with one attached hydrogen (secondary N) is 1. The van der Waals surface area contributed by atoms with Crippen LogP contribution in [0.5, 0.6) is 0 Å². The van der Waals surface area contributed by atoms with E-state index >= 15 is 0 Å². The van der Waals surface area contributed by atoms with E-state index in [-0.39, 0.29) is 0 Å². The van der Waals surface area contributed by atoms with Gasteiger partial charge in [-0.2, -0.15) is 0 Å². The number of nitrogens with zero attached hydrogens (tertiary/aromatic N) is 1. The number of ether oxygens (including phenoxy) is 1. The van der Waals surface area contributed by atoms with E-state index in [9.17, 15) is 0 Å². The molecule has 0 spiro atoms. The zero-order chi connectivity index (χ0) is 11.4. The molecule has 2 atom stereocenters. The molecule has 0 radical (unpaired) electrons. The van der Waals surface area contributed by atoms with E-state index < -0.39 is 0 Å². The molecule has 0 aromatic rings. The molecule has 16 heavy (non-hydrogen) atoms. The van der Waals surface area contributed by atoms with Gasteiger partial charge in [-0.1, -0.05) is 13.8 Å². The lowest BCUT2D eigenvalue weighted by atomic mass is 10.0. The molecule has 3 heteroatoms. The smallest absolute Gasteiger partial charge is 0.0593 e. The van der Waals surface area contributed by atoms with E-state index in [1.54, 1.807) is 0 Å². The second-order valence-corrected chi connectivity index (χ2v) is 5.73. The number of likely N-dealkylation sites (tertiary alicyclic amines) is 1. The average molecular weight is 226 g/mol. The Morgan fingerprint density at radius 1 is 1.19 bits per heavy atom. The molecule has 2 saturated heterocycles. The molecule has 2 heterocycles. The molecule has 1 N–H and O–H groups in total. The summed E-state index contributed by atoms with van der Waals surface area (Å²) in [6.45, 7) is 12.5. The zero-order valence-electron chi connectivity index (χ0n) is 10.7. The number of rotatable bonds is 6. The highest BCUT2D eigenvalue weighted by Crippen LogP contribution is 2.25. The molecule has 0 saturated carbocycles. The van der Waals surface area contributed by atoms with Crippen LogP contribution in [0.1, 0.15) is 20.3 Å². The first-order valence-corrected chi connectivity index (χ1v) is 6.76. The van der Waals surface area contributed by atoms with Crippen molar-refractivity contribution < 1.29 is 4.74 Å². The Bertz CT molecular complexity index is 196. The Labute approximate surface area is 99.5 Å². The van der Waals surface area contributed by atoms with Crippen LogP contribution in [0.25, 0.3) is 0 Å². The van der Waals surface area contributed by atoms with E-state index in [1.807, 2.05) is 0 Å². The van der Waals surface area contributed by atoms with Crippen molar-refractivity contribution in [1.82, 2.24) is 10.2 Å². The van der Waals surface area contributed by atoms with Gasteiger partial charge in [-0.3, -0.25) is 0 Å². The third-order valence-corrected chi connectivity index (χ3v) is 3.86. The van der Waals surface area contributed by atoms with Gasteiger partial charge < -0.3 is 15.0 Å². The minimum atomic E-state index is 0.761. The maximum atomic E-state index is 5.67. The van der Waals surface area contributed by atoms with E-state index in [4.69, 9.17) is 4.74 Å². The summed E-state index contributed by atoms with van der Waals surface area (Å²) < 4.78 is 5.67. The molecule has 0 aromatic heterocycles. The van der Waals surface area contributed by atoms with Crippen molar-refractivity contribution in [2.75, 3.05) is 45.9 Å². The summed E-state index contributed by atoms with van der Waals surface area (Å²) in [4.78, 5) is 2.57. The van der Waals surface area contributed by atoms with Crippen molar-refractivity contribution in [3.05, 3.63) is 0 Å². The minimum Gasteiger partial charge on any atom is -0.380 e. The van der Waals surface area contributed by atoms with Gasteiger partial charge in [0, 0.05) is 26.2 Å². The predicted molar refractivity (Wildman–Crippen MR) is 66.6 cm³/mol. The summed E-state index contributed by atoms with van der Waals surface area (Å²) in [5.41, 5.74) is 0. The van der Waals surface area contributed by atoms with Crippen LogP contribution in [0.3, 0.4) is 0 Å². The lowest BCUT2D eigenvalue weighted by molar-refractivity contribution is 0.101. The van der Waals surface area contributed by atoms with E-state index in [1.165, 1.54) is 32.6 Å². The summed E-state index contributed by atoms with van der Waals surface area (Å²) in [6.07, 6.45) is 1.19. The fourth-order valence-corrected chi connectivity index (χ4v) is 2.75. The first-order valence-electron chi connectivity index (χ1n) is 6.76. The Balaban J connectivity index is 1.51. The monoisotopic (exact) mass is 226 g/mol.